The van der Waals surface area contributed by atoms with E-state index in [-0.39, 0.29) is 15.7 Å². The van der Waals surface area contributed by atoms with Gasteiger partial charge in [0.1, 0.15) is 4.88 Å². The molecule has 0 aliphatic carbocycles. The van der Waals surface area contributed by atoms with Crippen molar-refractivity contribution >= 4 is 39.8 Å². The Balaban J connectivity index is 1.64. The van der Waals surface area contributed by atoms with Crippen molar-refractivity contribution in [1.82, 2.24) is 4.98 Å². The molecule has 0 bridgehead atoms. The van der Waals surface area contributed by atoms with Gasteiger partial charge in [-0.05, 0) is 43.3 Å². The number of hydrogen-bond donors (Lipinski definition) is 3. The molecule has 0 spiro atoms. The van der Waals surface area contributed by atoms with Crippen LogP contribution in [-0.2, 0) is 6.18 Å². The van der Waals surface area contributed by atoms with Crippen LogP contribution >= 0.6 is 11.3 Å². The number of aromatic nitrogens is 1. The summed E-state index contributed by atoms with van der Waals surface area (Å²) in [5.41, 5.74) is 0.389. The average molecular weight is 420 g/mol. The molecule has 0 atom stereocenters. The molecule has 3 amide bonds. The second-order valence-corrected chi connectivity index (χ2v) is 6.91. The molecule has 0 aliphatic heterocycles. The Labute approximate surface area is 167 Å². The van der Waals surface area contributed by atoms with E-state index in [0.29, 0.717) is 11.4 Å². The summed E-state index contributed by atoms with van der Waals surface area (Å²) in [6.45, 7) is 1.60. The number of para-hydroxylation sites is 1. The van der Waals surface area contributed by atoms with Gasteiger partial charge in [0.2, 0.25) is 0 Å². The van der Waals surface area contributed by atoms with E-state index in [0.717, 1.165) is 23.5 Å². The van der Waals surface area contributed by atoms with Gasteiger partial charge in [-0.2, -0.15) is 13.2 Å². The predicted molar refractivity (Wildman–Crippen MR) is 105 cm³/mol. The van der Waals surface area contributed by atoms with Crippen LogP contribution in [0.4, 0.5) is 34.5 Å². The van der Waals surface area contributed by atoms with Gasteiger partial charge in [0, 0.05) is 11.4 Å². The molecule has 1 aromatic heterocycles. The fraction of sp³-hybridized carbons (Fsp3) is 0.105. The highest BCUT2D eigenvalue weighted by atomic mass is 32.1. The smallest absolute Gasteiger partial charge is 0.321 e. The first kappa shape index (κ1) is 20.3. The topological polar surface area (TPSA) is 83.1 Å². The molecule has 29 heavy (non-hydrogen) atoms. The number of carbonyl (C=O) groups is 2. The number of urea groups is 1. The van der Waals surface area contributed by atoms with Crippen molar-refractivity contribution in [3.63, 3.8) is 0 Å². The molecule has 0 fully saturated rings. The minimum atomic E-state index is -4.45. The van der Waals surface area contributed by atoms with Crippen LogP contribution in [0.1, 0.15) is 20.9 Å². The normalized spacial score (nSPS) is 11.0. The largest absolute Gasteiger partial charge is 0.416 e. The zero-order valence-electron chi connectivity index (χ0n) is 15.0. The van der Waals surface area contributed by atoms with Crippen LogP contribution in [-0.4, -0.2) is 16.9 Å². The molecule has 0 radical (unpaired) electrons. The molecule has 1 heterocycles. The summed E-state index contributed by atoms with van der Waals surface area (Å²) in [6, 6.07) is 12.4. The second kappa shape index (κ2) is 8.31. The first-order chi connectivity index (χ1) is 13.7. The van der Waals surface area contributed by atoms with E-state index in [2.05, 4.69) is 20.9 Å². The van der Waals surface area contributed by atoms with E-state index < -0.39 is 23.7 Å². The molecule has 2 aromatic carbocycles. The predicted octanol–water partition coefficient (Wildman–Crippen LogP) is 5.37. The van der Waals surface area contributed by atoms with Crippen molar-refractivity contribution in [3.8, 4) is 0 Å². The van der Waals surface area contributed by atoms with Crippen molar-refractivity contribution in [2.24, 2.45) is 0 Å². The summed E-state index contributed by atoms with van der Waals surface area (Å²) in [6.07, 6.45) is -4.45. The Morgan fingerprint density at radius 2 is 1.52 bits per heavy atom. The lowest BCUT2D eigenvalue weighted by Gasteiger charge is -2.08. The summed E-state index contributed by atoms with van der Waals surface area (Å²) in [4.78, 5) is 28.8. The number of thiazole rings is 1. The van der Waals surface area contributed by atoms with Gasteiger partial charge in [-0.3, -0.25) is 10.1 Å². The number of anilines is 3. The number of amides is 3. The molecular formula is C19H15F3N4O2S. The van der Waals surface area contributed by atoms with Crippen molar-refractivity contribution in [2.45, 2.75) is 13.1 Å². The van der Waals surface area contributed by atoms with E-state index in [9.17, 15) is 22.8 Å². The molecule has 0 saturated carbocycles. The molecule has 10 heteroatoms. The lowest BCUT2D eigenvalue weighted by molar-refractivity contribution is -0.137. The quantitative estimate of drug-likeness (QED) is 0.531. The molecule has 0 aliphatic rings. The lowest BCUT2D eigenvalue weighted by atomic mass is 10.2. The average Bonchev–Trinajstić information content (AvgIpc) is 3.02. The standard InChI is InChI=1S/C19H15F3N4O2S/c1-11-15(16(27)24-14-9-7-12(8-10-14)19(20,21)22)29-18(23-11)26-17(28)25-13-5-3-2-4-6-13/h2-10H,1H3,(H,24,27)(H2,23,25,26,28). The first-order valence-electron chi connectivity index (χ1n) is 8.31. The van der Waals surface area contributed by atoms with Crippen LogP contribution in [0.3, 0.4) is 0 Å². The Morgan fingerprint density at radius 1 is 0.897 bits per heavy atom. The zero-order chi connectivity index (χ0) is 21.0. The fourth-order valence-corrected chi connectivity index (χ4v) is 3.23. The maximum atomic E-state index is 12.6. The Morgan fingerprint density at radius 3 is 2.14 bits per heavy atom. The van der Waals surface area contributed by atoms with Gasteiger partial charge in [-0.1, -0.05) is 29.5 Å². The highest BCUT2D eigenvalue weighted by Gasteiger charge is 2.30. The van der Waals surface area contributed by atoms with Gasteiger partial charge in [0.05, 0.1) is 11.3 Å². The van der Waals surface area contributed by atoms with Gasteiger partial charge >= 0.3 is 12.2 Å². The molecule has 0 saturated heterocycles. The van der Waals surface area contributed by atoms with Crippen LogP contribution < -0.4 is 16.0 Å². The van der Waals surface area contributed by atoms with Crippen molar-refractivity contribution in [1.29, 1.82) is 0 Å². The maximum absolute atomic E-state index is 12.6. The minimum Gasteiger partial charge on any atom is -0.321 e. The number of nitrogens with one attached hydrogen (secondary N) is 3. The van der Waals surface area contributed by atoms with E-state index in [1.54, 1.807) is 31.2 Å². The summed E-state index contributed by atoms with van der Waals surface area (Å²) in [5.74, 6) is -0.531. The van der Waals surface area contributed by atoms with Gasteiger partial charge in [0.15, 0.2) is 5.13 Å². The van der Waals surface area contributed by atoms with E-state index in [1.165, 1.54) is 12.1 Å². The summed E-state index contributed by atoms with van der Waals surface area (Å²) < 4.78 is 37.8. The third-order valence-corrected chi connectivity index (χ3v) is 4.80. The van der Waals surface area contributed by atoms with Crippen LogP contribution in [0.15, 0.2) is 54.6 Å². The molecule has 3 rings (SSSR count). The fourth-order valence-electron chi connectivity index (χ4n) is 2.37. The van der Waals surface area contributed by atoms with E-state index >= 15 is 0 Å². The van der Waals surface area contributed by atoms with Crippen LogP contribution in [0, 0.1) is 6.92 Å². The number of nitrogens with zero attached hydrogens (tertiary/aromatic N) is 1. The van der Waals surface area contributed by atoms with Crippen molar-refractivity contribution < 1.29 is 22.8 Å². The van der Waals surface area contributed by atoms with Crippen LogP contribution in [0.2, 0.25) is 0 Å². The number of hydrogen-bond acceptors (Lipinski definition) is 4. The molecule has 3 N–H and O–H groups in total. The second-order valence-electron chi connectivity index (χ2n) is 5.91. The van der Waals surface area contributed by atoms with Gasteiger partial charge in [-0.15, -0.1) is 0 Å². The SMILES string of the molecule is Cc1nc(NC(=O)Nc2ccccc2)sc1C(=O)Nc1ccc(C(F)(F)F)cc1. The molecule has 6 nitrogen and oxygen atoms in total. The lowest BCUT2D eigenvalue weighted by Crippen LogP contribution is -2.19. The van der Waals surface area contributed by atoms with Crippen molar-refractivity contribution in [2.75, 3.05) is 16.0 Å². The molecule has 150 valence electrons. The Kier molecular flexibility index (Phi) is 5.83. The number of alkyl halides is 3. The summed E-state index contributed by atoms with van der Waals surface area (Å²) in [5, 5.41) is 7.91. The maximum Gasteiger partial charge on any atom is 0.416 e. The minimum absolute atomic E-state index is 0.215. The molecule has 3 aromatic rings. The Bertz CT molecular complexity index is 1020. The van der Waals surface area contributed by atoms with E-state index in [1.807, 2.05) is 6.07 Å². The first-order valence-corrected chi connectivity index (χ1v) is 9.13. The highest BCUT2D eigenvalue weighted by molar-refractivity contribution is 7.17. The van der Waals surface area contributed by atoms with Crippen LogP contribution in [0.25, 0.3) is 0 Å². The molecular weight excluding hydrogens is 405 g/mol. The summed E-state index contributed by atoms with van der Waals surface area (Å²) in [7, 11) is 0. The summed E-state index contributed by atoms with van der Waals surface area (Å²) >= 11 is 0.958. The van der Waals surface area contributed by atoms with Gasteiger partial charge in [0.25, 0.3) is 5.91 Å². The molecule has 0 unspecified atom stereocenters. The zero-order valence-corrected chi connectivity index (χ0v) is 15.8. The van der Waals surface area contributed by atoms with E-state index in [4.69, 9.17) is 0 Å². The van der Waals surface area contributed by atoms with Gasteiger partial charge < -0.3 is 10.6 Å². The monoisotopic (exact) mass is 420 g/mol. The number of halogens is 3. The van der Waals surface area contributed by atoms with Crippen LogP contribution in [0.5, 0.6) is 0 Å². The number of carbonyl (C=O) groups excluding carboxylic acids is 2. The highest BCUT2D eigenvalue weighted by Crippen LogP contribution is 2.30. The van der Waals surface area contributed by atoms with Gasteiger partial charge in [-0.25, -0.2) is 9.78 Å². The number of aryl methyl sites for hydroxylation is 1. The third kappa shape index (κ3) is 5.32. The number of rotatable bonds is 4. The Hall–Kier alpha value is -3.40. The number of benzene rings is 2. The van der Waals surface area contributed by atoms with Crippen molar-refractivity contribution in [3.05, 3.63) is 70.7 Å². The third-order valence-electron chi connectivity index (χ3n) is 3.73.